The molecule has 0 atom stereocenters. The van der Waals surface area contributed by atoms with Crippen LogP contribution in [0.5, 0.6) is 5.75 Å². The first kappa shape index (κ1) is 16.3. The molecule has 1 N–H and O–H groups in total. The zero-order valence-corrected chi connectivity index (χ0v) is 13.8. The zero-order chi connectivity index (χ0) is 15.1. The highest BCUT2D eigenvalue weighted by Crippen LogP contribution is 2.22. The van der Waals surface area contributed by atoms with Crippen molar-refractivity contribution >= 4 is 0 Å². The van der Waals surface area contributed by atoms with Gasteiger partial charge in [-0.05, 0) is 63.4 Å². The number of nitrogens with one attached hydrogen (secondary N) is 1. The molecular weight excluding hydrogens is 260 g/mol. The van der Waals surface area contributed by atoms with E-state index in [1.807, 2.05) is 0 Å². The fourth-order valence-corrected chi connectivity index (χ4v) is 3.29. The van der Waals surface area contributed by atoms with E-state index in [0.717, 1.165) is 37.3 Å². The molecule has 118 valence electrons. The number of hydrogen-bond acceptors (Lipinski definition) is 3. The third-order valence-electron chi connectivity index (χ3n) is 4.73. The van der Waals surface area contributed by atoms with Gasteiger partial charge in [-0.1, -0.05) is 19.1 Å². The Morgan fingerprint density at radius 3 is 2.38 bits per heavy atom. The summed E-state index contributed by atoms with van der Waals surface area (Å²) in [4.78, 5) is 2.55. The second-order valence-corrected chi connectivity index (χ2v) is 6.14. The van der Waals surface area contributed by atoms with Crippen molar-refractivity contribution in [2.75, 3.05) is 27.2 Å². The SMILES string of the molecule is CCNC1CCC(N(C)CCc2ccc(OC)cc2)CC1. The smallest absolute Gasteiger partial charge is 0.118 e. The molecule has 1 saturated carbocycles. The topological polar surface area (TPSA) is 24.5 Å². The highest BCUT2D eigenvalue weighted by molar-refractivity contribution is 5.27. The minimum absolute atomic E-state index is 0.751. The van der Waals surface area contributed by atoms with E-state index in [0.29, 0.717) is 0 Å². The van der Waals surface area contributed by atoms with E-state index >= 15 is 0 Å². The Morgan fingerprint density at radius 1 is 1.14 bits per heavy atom. The van der Waals surface area contributed by atoms with Crippen LogP contribution in [0.25, 0.3) is 0 Å². The summed E-state index contributed by atoms with van der Waals surface area (Å²) < 4.78 is 5.20. The first-order valence-electron chi connectivity index (χ1n) is 8.29. The summed E-state index contributed by atoms with van der Waals surface area (Å²) in [5, 5.41) is 3.58. The van der Waals surface area contributed by atoms with Crippen LogP contribution >= 0.6 is 0 Å². The molecule has 0 radical (unpaired) electrons. The van der Waals surface area contributed by atoms with Crippen molar-refractivity contribution in [1.82, 2.24) is 10.2 Å². The fraction of sp³-hybridized carbons (Fsp3) is 0.667. The van der Waals surface area contributed by atoms with Gasteiger partial charge in [-0.2, -0.15) is 0 Å². The van der Waals surface area contributed by atoms with Gasteiger partial charge >= 0.3 is 0 Å². The van der Waals surface area contributed by atoms with Gasteiger partial charge in [0.2, 0.25) is 0 Å². The van der Waals surface area contributed by atoms with Crippen molar-refractivity contribution < 1.29 is 4.74 Å². The maximum atomic E-state index is 5.20. The molecule has 1 aromatic rings. The number of methoxy groups -OCH3 is 1. The lowest BCUT2D eigenvalue weighted by molar-refractivity contribution is 0.176. The predicted molar refractivity (Wildman–Crippen MR) is 89.0 cm³/mol. The van der Waals surface area contributed by atoms with Crippen molar-refractivity contribution in [2.24, 2.45) is 0 Å². The van der Waals surface area contributed by atoms with Gasteiger partial charge in [-0.15, -0.1) is 0 Å². The van der Waals surface area contributed by atoms with E-state index in [4.69, 9.17) is 4.74 Å². The summed E-state index contributed by atoms with van der Waals surface area (Å²) in [6, 6.07) is 9.97. The van der Waals surface area contributed by atoms with Crippen LogP contribution in [0.3, 0.4) is 0 Å². The highest BCUT2D eigenvalue weighted by atomic mass is 16.5. The number of benzene rings is 1. The lowest BCUT2D eigenvalue weighted by atomic mass is 9.90. The molecule has 0 heterocycles. The lowest BCUT2D eigenvalue weighted by Crippen LogP contribution is -2.41. The van der Waals surface area contributed by atoms with Gasteiger partial charge in [0, 0.05) is 18.6 Å². The summed E-state index contributed by atoms with van der Waals surface area (Å²) >= 11 is 0. The molecule has 0 unspecified atom stereocenters. The first-order valence-corrected chi connectivity index (χ1v) is 8.29. The van der Waals surface area contributed by atoms with Crippen LogP contribution in [-0.2, 0) is 6.42 Å². The van der Waals surface area contributed by atoms with Gasteiger partial charge in [0.15, 0.2) is 0 Å². The number of nitrogens with zero attached hydrogens (tertiary/aromatic N) is 1. The molecule has 21 heavy (non-hydrogen) atoms. The Hall–Kier alpha value is -1.06. The highest BCUT2D eigenvalue weighted by Gasteiger charge is 2.23. The normalized spacial score (nSPS) is 22.5. The predicted octanol–water partition coefficient (Wildman–Crippen LogP) is 3.09. The van der Waals surface area contributed by atoms with E-state index in [9.17, 15) is 0 Å². The van der Waals surface area contributed by atoms with Gasteiger partial charge < -0.3 is 15.0 Å². The molecule has 0 saturated heterocycles. The maximum absolute atomic E-state index is 5.20. The number of likely N-dealkylation sites (N-methyl/N-ethyl adjacent to an activating group) is 1. The Labute approximate surface area is 129 Å². The first-order chi connectivity index (χ1) is 10.2. The molecule has 1 aliphatic carbocycles. The molecule has 3 heteroatoms. The van der Waals surface area contributed by atoms with E-state index in [1.165, 1.54) is 31.2 Å². The minimum atomic E-state index is 0.751. The molecule has 0 aromatic heterocycles. The lowest BCUT2D eigenvalue weighted by Gasteiger charge is -2.35. The van der Waals surface area contributed by atoms with E-state index in [-0.39, 0.29) is 0 Å². The monoisotopic (exact) mass is 290 g/mol. The summed E-state index contributed by atoms with van der Waals surface area (Å²) in [7, 11) is 3.99. The Morgan fingerprint density at radius 2 is 1.81 bits per heavy atom. The zero-order valence-electron chi connectivity index (χ0n) is 13.8. The van der Waals surface area contributed by atoms with E-state index in [1.54, 1.807) is 7.11 Å². The molecule has 0 aliphatic heterocycles. The molecule has 1 fully saturated rings. The van der Waals surface area contributed by atoms with Crippen LogP contribution in [0.15, 0.2) is 24.3 Å². The Kier molecular flexibility index (Phi) is 6.52. The number of rotatable bonds is 7. The summed E-state index contributed by atoms with van der Waals surface area (Å²) in [6.07, 6.45) is 6.43. The van der Waals surface area contributed by atoms with Crippen LogP contribution in [0.1, 0.15) is 38.2 Å². The van der Waals surface area contributed by atoms with Crippen LogP contribution < -0.4 is 10.1 Å². The molecule has 2 rings (SSSR count). The second kappa shape index (κ2) is 8.40. The summed E-state index contributed by atoms with van der Waals surface area (Å²) in [6.45, 7) is 4.44. The Bertz CT molecular complexity index is 396. The minimum Gasteiger partial charge on any atom is -0.497 e. The van der Waals surface area contributed by atoms with Crippen LogP contribution in [0.4, 0.5) is 0 Å². The summed E-state index contributed by atoms with van der Waals surface area (Å²) in [5.74, 6) is 0.939. The van der Waals surface area contributed by atoms with E-state index in [2.05, 4.69) is 48.5 Å². The van der Waals surface area contributed by atoms with Crippen molar-refractivity contribution in [3.05, 3.63) is 29.8 Å². The number of ether oxygens (including phenoxy) is 1. The van der Waals surface area contributed by atoms with Gasteiger partial charge in [-0.25, -0.2) is 0 Å². The van der Waals surface area contributed by atoms with Gasteiger partial charge in [-0.3, -0.25) is 0 Å². The standard InChI is InChI=1S/C18H30N2O/c1-4-19-16-7-9-17(10-8-16)20(2)14-13-15-5-11-18(21-3)12-6-15/h5-6,11-12,16-17,19H,4,7-10,13-14H2,1-3H3. The van der Waals surface area contributed by atoms with Crippen molar-refractivity contribution in [2.45, 2.75) is 51.1 Å². The van der Waals surface area contributed by atoms with Crippen LogP contribution in [-0.4, -0.2) is 44.2 Å². The largest absolute Gasteiger partial charge is 0.497 e. The van der Waals surface area contributed by atoms with Crippen LogP contribution in [0, 0.1) is 0 Å². The molecule has 1 aromatic carbocycles. The van der Waals surface area contributed by atoms with Crippen molar-refractivity contribution in [3.63, 3.8) is 0 Å². The van der Waals surface area contributed by atoms with Crippen molar-refractivity contribution in [3.8, 4) is 5.75 Å². The van der Waals surface area contributed by atoms with Gasteiger partial charge in [0.25, 0.3) is 0 Å². The molecule has 0 spiro atoms. The quantitative estimate of drug-likeness (QED) is 0.835. The van der Waals surface area contributed by atoms with Gasteiger partial charge in [0.05, 0.1) is 7.11 Å². The fourth-order valence-electron chi connectivity index (χ4n) is 3.29. The third-order valence-corrected chi connectivity index (χ3v) is 4.73. The molecule has 1 aliphatic rings. The van der Waals surface area contributed by atoms with E-state index < -0.39 is 0 Å². The average molecular weight is 290 g/mol. The average Bonchev–Trinajstić information content (AvgIpc) is 2.54. The second-order valence-electron chi connectivity index (χ2n) is 6.14. The molecule has 3 nitrogen and oxygen atoms in total. The molecular formula is C18H30N2O. The maximum Gasteiger partial charge on any atom is 0.118 e. The third kappa shape index (κ3) is 5.01. The summed E-state index contributed by atoms with van der Waals surface area (Å²) in [5.41, 5.74) is 1.39. The molecule has 0 bridgehead atoms. The van der Waals surface area contributed by atoms with Gasteiger partial charge in [0.1, 0.15) is 5.75 Å². The molecule has 0 amide bonds. The number of hydrogen-bond donors (Lipinski definition) is 1. The Balaban J connectivity index is 1.73. The van der Waals surface area contributed by atoms with Crippen molar-refractivity contribution in [1.29, 1.82) is 0 Å². The van der Waals surface area contributed by atoms with Crippen LogP contribution in [0.2, 0.25) is 0 Å².